The molecule has 0 aliphatic carbocycles. The quantitative estimate of drug-likeness (QED) is 0.861. The number of thiophene rings is 1. The summed E-state index contributed by atoms with van der Waals surface area (Å²) in [5.41, 5.74) is 1.22. The van der Waals surface area contributed by atoms with Crippen molar-refractivity contribution in [2.75, 3.05) is 19.6 Å². The van der Waals surface area contributed by atoms with E-state index >= 15 is 0 Å². The van der Waals surface area contributed by atoms with Gasteiger partial charge in [0.2, 0.25) is 0 Å². The fourth-order valence-corrected chi connectivity index (χ4v) is 4.22. The van der Waals surface area contributed by atoms with Gasteiger partial charge in [-0.15, -0.1) is 23.7 Å². The number of halogens is 1. The molecule has 1 fully saturated rings. The third kappa shape index (κ3) is 4.80. The lowest BCUT2D eigenvalue weighted by Gasteiger charge is -2.34. The standard InChI is InChI=1S/C17H26N4S.ClH/c1-3-10-21(15-6-8-18-9-7-15)13-16-4-5-17(22-16)14-11-19-20(2)12-14;/h4-5,11-12,15,18H,3,6-10,13H2,1-2H3;1H. The number of piperidine rings is 1. The second-order valence-corrected chi connectivity index (χ2v) is 7.29. The van der Waals surface area contributed by atoms with Gasteiger partial charge in [0.15, 0.2) is 0 Å². The van der Waals surface area contributed by atoms with E-state index < -0.39 is 0 Å². The summed E-state index contributed by atoms with van der Waals surface area (Å²) in [7, 11) is 1.97. The second-order valence-electron chi connectivity index (χ2n) is 6.12. The molecule has 0 saturated carbocycles. The number of rotatable bonds is 6. The van der Waals surface area contributed by atoms with Crippen LogP contribution >= 0.6 is 23.7 Å². The summed E-state index contributed by atoms with van der Waals surface area (Å²) in [6.07, 6.45) is 7.82. The molecule has 1 N–H and O–H groups in total. The zero-order valence-electron chi connectivity index (χ0n) is 14.0. The van der Waals surface area contributed by atoms with Crippen LogP contribution in [0.4, 0.5) is 0 Å². The zero-order chi connectivity index (χ0) is 15.4. The van der Waals surface area contributed by atoms with E-state index in [2.05, 4.69) is 40.6 Å². The molecule has 1 saturated heterocycles. The molecular weight excluding hydrogens is 328 g/mol. The van der Waals surface area contributed by atoms with Gasteiger partial charge in [0, 0.05) is 41.1 Å². The van der Waals surface area contributed by atoms with E-state index in [1.807, 2.05) is 29.3 Å². The Hall–Kier alpha value is -0.880. The van der Waals surface area contributed by atoms with E-state index in [-0.39, 0.29) is 12.4 Å². The number of nitrogens with zero attached hydrogens (tertiary/aromatic N) is 3. The largest absolute Gasteiger partial charge is 0.317 e. The van der Waals surface area contributed by atoms with Gasteiger partial charge < -0.3 is 5.32 Å². The fourth-order valence-electron chi connectivity index (χ4n) is 3.22. The molecule has 0 unspecified atom stereocenters. The van der Waals surface area contributed by atoms with Crippen molar-refractivity contribution in [3.05, 3.63) is 29.4 Å². The van der Waals surface area contributed by atoms with E-state index in [0.717, 1.165) is 25.7 Å². The van der Waals surface area contributed by atoms with Crippen molar-refractivity contribution in [2.45, 2.75) is 38.8 Å². The molecular formula is C17H27ClN4S. The maximum atomic E-state index is 4.27. The Bertz CT molecular complexity index is 589. The fraction of sp³-hybridized carbons (Fsp3) is 0.588. The van der Waals surface area contributed by atoms with Crippen LogP contribution in [-0.2, 0) is 13.6 Å². The lowest BCUT2D eigenvalue weighted by Crippen LogP contribution is -2.42. The van der Waals surface area contributed by atoms with Crippen LogP contribution in [0.25, 0.3) is 10.4 Å². The Kier molecular flexibility index (Phi) is 7.09. The number of aromatic nitrogens is 2. The van der Waals surface area contributed by atoms with Crippen LogP contribution in [0.3, 0.4) is 0 Å². The summed E-state index contributed by atoms with van der Waals surface area (Å²) in [5.74, 6) is 0. The van der Waals surface area contributed by atoms with Crippen LogP contribution in [0.1, 0.15) is 31.1 Å². The van der Waals surface area contributed by atoms with Crippen LogP contribution < -0.4 is 5.32 Å². The van der Waals surface area contributed by atoms with Crippen LogP contribution in [0.2, 0.25) is 0 Å². The summed E-state index contributed by atoms with van der Waals surface area (Å²) in [6.45, 7) is 6.89. The first-order valence-electron chi connectivity index (χ1n) is 8.28. The number of hydrogen-bond donors (Lipinski definition) is 1. The lowest BCUT2D eigenvalue weighted by atomic mass is 10.0. The molecule has 1 aliphatic heterocycles. The average molecular weight is 355 g/mol. The molecule has 1 aliphatic rings. The molecule has 3 rings (SSSR count). The van der Waals surface area contributed by atoms with Crippen molar-refractivity contribution >= 4 is 23.7 Å². The third-order valence-electron chi connectivity index (χ3n) is 4.35. The van der Waals surface area contributed by atoms with Gasteiger partial charge in [-0.05, 0) is 51.0 Å². The highest BCUT2D eigenvalue weighted by atomic mass is 35.5. The van der Waals surface area contributed by atoms with Gasteiger partial charge >= 0.3 is 0 Å². The monoisotopic (exact) mass is 354 g/mol. The molecule has 0 amide bonds. The molecule has 23 heavy (non-hydrogen) atoms. The second kappa shape index (κ2) is 8.83. The minimum atomic E-state index is 0. The Morgan fingerprint density at radius 3 is 2.78 bits per heavy atom. The molecule has 2 aromatic heterocycles. The topological polar surface area (TPSA) is 33.1 Å². The Morgan fingerprint density at radius 2 is 2.13 bits per heavy atom. The normalized spacial score (nSPS) is 15.8. The van der Waals surface area contributed by atoms with Gasteiger partial charge in [0.1, 0.15) is 0 Å². The highest BCUT2D eigenvalue weighted by molar-refractivity contribution is 7.15. The molecule has 0 aromatic carbocycles. The van der Waals surface area contributed by atoms with Crippen molar-refractivity contribution in [2.24, 2.45) is 7.05 Å². The van der Waals surface area contributed by atoms with Crippen molar-refractivity contribution in [3.8, 4) is 10.4 Å². The lowest BCUT2D eigenvalue weighted by molar-refractivity contribution is 0.155. The van der Waals surface area contributed by atoms with Gasteiger partial charge in [-0.3, -0.25) is 9.58 Å². The van der Waals surface area contributed by atoms with Crippen LogP contribution in [0.15, 0.2) is 24.5 Å². The molecule has 0 spiro atoms. The first kappa shape index (κ1) is 18.5. The van der Waals surface area contributed by atoms with Crippen molar-refractivity contribution in [3.63, 3.8) is 0 Å². The molecule has 4 nitrogen and oxygen atoms in total. The third-order valence-corrected chi connectivity index (χ3v) is 5.46. The first-order valence-corrected chi connectivity index (χ1v) is 9.10. The van der Waals surface area contributed by atoms with Gasteiger partial charge in [-0.2, -0.15) is 5.10 Å². The summed E-state index contributed by atoms with van der Waals surface area (Å²) in [6, 6.07) is 5.27. The summed E-state index contributed by atoms with van der Waals surface area (Å²) >= 11 is 1.91. The molecule has 0 bridgehead atoms. The maximum Gasteiger partial charge on any atom is 0.0576 e. The molecule has 0 radical (unpaired) electrons. The van der Waals surface area contributed by atoms with E-state index in [0.29, 0.717) is 0 Å². The predicted molar refractivity (Wildman–Crippen MR) is 100 cm³/mol. The number of hydrogen-bond acceptors (Lipinski definition) is 4. The molecule has 6 heteroatoms. The summed E-state index contributed by atoms with van der Waals surface area (Å²) < 4.78 is 1.87. The molecule has 3 heterocycles. The van der Waals surface area contributed by atoms with E-state index in [9.17, 15) is 0 Å². The predicted octanol–water partition coefficient (Wildman–Crippen LogP) is 3.53. The van der Waals surface area contributed by atoms with Crippen LogP contribution in [0.5, 0.6) is 0 Å². The van der Waals surface area contributed by atoms with Gasteiger partial charge in [-0.1, -0.05) is 6.92 Å². The van der Waals surface area contributed by atoms with Crippen molar-refractivity contribution < 1.29 is 0 Å². The highest BCUT2D eigenvalue weighted by Crippen LogP contribution is 2.29. The van der Waals surface area contributed by atoms with Crippen LogP contribution in [-0.4, -0.2) is 40.4 Å². The van der Waals surface area contributed by atoms with Gasteiger partial charge in [0.25, 0.3) is 0 Å². The maximum absolute atomic E-state index is 4.27. The minimum Gasteiger partial charge on any atom is -0.317 e. The van der Waals surface area contributed by atoms with E-state index in [1.165, 1.54) is 41.1 Å². The smallest absolute Gasteiger partial charge is 0.0576 e. The number of nitrogens with one attached hydrogen (secondary N) is 1. The average Bonchev–Trinajstić information content (AvgIpc) is 3.17. The Balaban J connectivity index is 0.00000192. The number of aryl methyl sites for hydroxylation is 1. The van der Waals surface area contributed by atoms with Crippen molar-refractivity contribution in [1.29, 1.82) is 0 Å². The zero-order valence-corrected chi connectivity index (χ0v) is 15.6. The molecule has 128 valence electrons. The Labute approximate surface area is 149 Å². The van der Waals surface area contributed by atoms with E-state index in [4.69, 9.17) is 0 Å². The highest BCUT2D eigenvalue weighted by Gasteiger charge is 2.21. The summed E-state index contributed by atoms with van der Waals surface area (Å²) in [4.78, 5) is 5.47. The Morgan fingerprint density at radius 1 is 1.35 bits per heavy atom. The van der Waals surface area contributed by atoms with Gasteiger partial charge in [0.05, 0.1) is 6.20 Å². The first-order chi connectivity index (χ1) is 10.8. The molecule has 2 aromatic rings. The minimum absolute atomic E-state index is 0. The van der Waals surface area contributed by atoms with Gasteiger partial charge in [-0.25, -0.2) is 0 Å². The molecule has 0 atom stereocenters. The summed E-state index contributed by atoms with van der Waals surface area (Å²) in [5, 5.41) is 7.74. The van der Waals surface area contributed by atoms with Crippen molar-refractivity contribution in [1.82, 2.24) is 20.0 Å². The van der Waals surface area contributed by atoms with Crippen LogP contribution in [0, 0.1) is 0 Å². The SMILES string of the molecule is CCCN(Cc1ccc(-c2cnn(C)c2)s1)C1CCNCC1.Cl. The van der Waals surface area contributed by atoms with E-state index in [1.54, 1.807) is 0 Å².